The molecule has 0 aromatic carbocycles. The van der Waals surface area contributed by atoms with Gasteiger partial charge in [0, 0.05) is 18.9 Å². The van der Waals surface area contributed by atoms with Gasteiger partial charge in [-0.05, 0) is 18.9 Å². The van der Waals surface area contributed by atoms with Crippen LogP contribution in [0.4, 0.5) is 4.79 Å². The van der Waals surface area contributed by atoms with Crippen LogP contribution in [-0.2, 0) is 11.3 Å². The van der Waals surface area contributed by atoms with Gasteiger partial charge in [-0.2, -0.15) is 5.10 Å². The minimum absolute atomic E-state index is 0.406. The van der Waals surface area contributed by atoms with E-state index in [0.717, 1.165) is 25.7 Å². The molecule has 1 fully saturated rings. The molecule has 7 heteroatoms. The number of nitrogens with zero attached hydrogens (tertiary/aromatic N) is 2. The number of nitrogens with one attached hydrogen (secondary N) is 2. The van der Waals surface area contributed by atoms with E-state index >= 15 is 0 Å². The number of rotatable bonds is 5. The SMILES string of the molecule is O=C(NCCn1cccn1)NC1(C(=O)O)CCCCCC1. The van der Waals surface area contributed by atoms with Gasteiger partial charge in [0.2, 0.25) is 0 Å². The quantitative estimate of drug-likeness (QED) is 0.714. The number of aliphatic carboxylic acids is 1. The largest absolute Gasteiger partial charge is 0.480 e. The van der Waals surface area contributed by atoms with Gasteiger partial charge in [-0.1, -0.05) is 25.7 Å². The molecule has 0 saturated heterocycles. The van der Waals surface area contributed by atoms with Crippen LogP contribution in [0.5, 0.6) is 0 Å². The van der Waals surface area contributed by atoms with Gasteiger partial charge >= 0.3 is 12.0 Å². The second kappa shape index (κ2) is 7.10. The standard InChI is InChI=1S/C14H22N4O3/c19-12(20)14(6-3-1-2-4-7-14)17-13(21)15-9-11-18-10-5-8-16-18/h5,8,10H,1-4,6-7,9,11H2,(H,19,20)(H2,15,17,21). The van der Waals surface area contributed by atoms with E-state index in [2.05, 4.69) is 15.7 Å². The molecule has 0 radical (unpaired) electrons. The molecular weight excluding hydrogens is 272 g/mol. The first-order valence-electron chi connectivity index (χ1n) is 7.39. The first-order valence-corrected chi connectivity index (χ1v) is 7.39. The molecule has 2 amide bonds. The number of hydrogen-bond acceptors (Lipinski definition) is 3. The summed E-state index contributed by atoms with van der Waals surface area (Å²) in [5.74, 6) is -0.938. The molecule has 1 aliphatic carbocycles. The number of hydrogen-bond donors (Lipinski definition) is 3. The molecular formula is C14H22N4O3. The van der Waals surface area contributed by atoms with Crippen molar-refractivity contribution in [2.45, 2.75) is 50.6 Å². The maximum atomic E-state index is 11.9. The van der Waals surface area contributed by atoms with E-state index in [1.54, 1.807) is 10.9 Å². The van der Waals surface area contributed by atoms with Crippen LogP contribution in [0.15, 0.2) is 18.5 Å². The van der Waals surface area contributed by atoms with Crippen LogP contribution < -0.4 is 10.6 Å². The van der Waals surface area contributed by atoms with E-state index in [4.69, 9.17) is 0 Å². The van der Waals surface area contributed by atoms with E-state index in [-0.39, 0.29) is 0 Å². The molecule has 3 N–H and O–H groups in total. The van der Waals surface area contributed by atoms with Crippen molar-refractivity contribution >= 4 is 12.0 Å². The van der Waals surface area contributed by atoms with Gasteiger partial charge in [-0.25, -0.2) is 9.59 Å². The lowest BCUT2D eigenvalue weighted by Crippen LogP contribution is -2.57. The first kappa shape index (κ1) is 15.3. The molecule has 1 aliphatic rings. The molecule has 1 aromatic heterocycles. The summed E-state index contributed by atoms with van der Waals surface area (Å²) >= 11 is 0. The molecule has 1 saturated carbocycles. The third-order valence-corrected chi connectivity index (χ3v) is 3.90. The number of carbonyl (C=O) groups excluding carboxylic acids is 1. The lowest BCUT2D eigenvalue weighted by atomic mass is 9.90. The fraction of sp³-hybridized carbons (Fsp3) is 0.643. The minimum Gasteiger partial charge on any atom is -0.480 e. The second-order valence-electron chi connectivity index (χ2n) is 5.45. The molecule has 116 valence electrons. The minimum atomic E-state index is -1.12. The Bertz CT molecular complexity index is 465. The van der Waals surface area contributed by atoms with Crippen molar-refractivity contribution in [3.8, 4) is 0 Å². The third-order valence-electron chi connectivity index (χ3n) is 3.90. The molecule has 1 aromatic rings. The number of carbonyl (C=O) groups is 2. The number of urea groups is 1. The molecule has 0 atom stereocenters. The topological polar surface area (TPSA) is 96.3 Å². The zero-order valence-corrected chi connectivity index (χ0v) is 12.0. The van der Waals surface area contributed by atoms with E-state index in [0.29, 0.717) is 25.9 Å². The van der Waals surface area contributed by atoms with E-state index in [1.807, 2.05) is 12.3 Å². The summed E-state index contributed by atoms with van der Waals surface area (Å²) in [5, 5.41) is 18.9. The highest BCUT2D eigenvalue weighted by atomic mass is 16.4. The van der Waals surface area contributed by atoms with Crippen LogP contribution in [-0.4, -0.2) is 39.0 Å². The summed E-state index contributed by atoms with van der Waals surface area (Å²) in [5.41, 5.74) is -1.12. The zero-order valence-electron chi connectivity index (χ0n) is 12.0. The predicted molar refractivity (Wildman–Crippen MR) is 76.8 cm³/mol. The van der Waals surface area contributed by atoms with Crippen molar-refractivity contribution in [3.63, 3.8) is 0 Å². The smallest absolute Gasteiger partial charge is 0.329 e. The second-order valence-corrected chi connectivity index (χ2v) is 5.45. The van der Waals surface area contributed by atoms with Crippen molar-refractivity contribution in [1.29, 1.82) is 0 Å². The average Bonchev–Trinajstić information content (AvgIpc) is 2.84. The molecule has 1 heterocycles. The molecule has 7 nitrogen and oxygen atoms in total. The van der Waals surface area contributed by atoms with E-state index in [1.165, 1.54) is 0 Å². The summed E-state index contributed by atoms with van der Waals surface area (Å²) in [7, 11) is 0. The van der Waals surface area contributed by atoms with Crippen molar-refractivity contribution in [2.75, 3.05) is 6.54 Å². The Morgan fingerprint density at radius 3 is 2.52 bits per heavy atom. The Hall–Kier alpha value is -2.05. The predicted octanol–water partition coefficient (Wildman–Crippen LogP) is 1.36. The highest BCUT2D eigenvalue weighted by Gasteiger charge is 2.39. The fourth-order valence-electron chi connectivity index (χ4n) is 2.70. The van der Waals surface area contributed by atoms with Crippen molar-refractivity contribution < 1.29 is 14.7 Å². The normalized spacial score (nSPS) is 17.7. The maximum Gasteiger partial charge on any atom is 0.329 e. The molecule has 0 unspecified atom stereocenters. The molecule has 0 bridgehead atoms. The molecule has 21 heavy (non-hydrogen) atoms. The summed E-state index contributed by atoms with van der Waals surface area (Å²) < 4.78 is 1.71. The Kier molecular flexibility index (Phi) is 5.19. The van der Waals surface area contributed by atoms with Crippen LogP contribution >= 0.6 is 0 Å². The highest BCUT2D eigenvalue weighted by Crippen LogP contribution is 2.27. The number of amides is 2. The Labute approximate surface area is 123 Å². The molecule has 0 aliphatic heterocycles. The molecule has 0 spiro atoms. The summed E-state index contributed by atoms with van der Waals surface area (Å²) in [4.78, 5) is 23.5. The van der Waals surface area contributed by atoms with Gasteiger partial charge in [0.15, 0.2) is 0 Å². The monoisotopic (exact) mass is 294 g/mol. The third kappa shape index (κ3) is 4.21. The van der Waals surface area contributed by atoms with Crippen LogP contribution in [0.25, 0.3) is 0 Å². The number of carboxylic acid groups (broad SMARTS) is 1. The number of aromatic nitrogens is 2. The van der Waals surface area contributed by atoms with Gasteiger partial charge < -0.3 is 15.7 Å². The lowest BCUT2D eigenvalue weighted by Gasteiger charge is -2.29. The Morgan fingerprint density at radius 1 is 1.24 bits per heavy atom. The van der Waals surface area contributed by atoms with Crippen molar-refractivity contribution in [1.82, 2.24) is 20.4 Å². The average molecular weight is 294 g/mol. The summed E-state index contributed by atoms with van der Waals surface area (Å²) in [6.45, 7) is 0.962. The lowest BCUT2D eigenvalue weighted by molar-refractivity contribution is -0.145. The van der Waals surface area contributed by atoms with Gasteiger partial charge in [0.05, 0.1) is 6.54 Å². The van der Waals surface area contributed by atoms with Gasteiger partial charge in [-0.3, -0.25) is 4.68 Å². The van der Waals surface area contributed by atoms with Crippen LogP contribution in [0.3, 0.4) is 0 Å². The van der Waals surface area contributed by atoms with Crippen LogP contribution in [0, 0.1) is 0 Å². The Balaban J connectivity index is 1.84. The summed E-state index contributed by atoms with van der Waals surface area (Å²) in [6, 6.07) is 1.39. The van der Waals surface area contributed by atoms with E-state index < -0.39 is 17.5 Å². The van der Waals surface area contributed by atoms with E-state index in [9.17, 15) is 14.7 Å². The summed E-state index contributed by atoms with van der Waals surface area (Å²) in [6.07, 6.45) is 8.19. The van der Waals surface area contributed by atoms with Crippen LogP contribution in [0.2, 0.25) is 0 Å². The maximum absolute atomic E-state index is 11.9. The highest BCUT2D eigenvalue weighted by molar-refractivity contribution is 5.86. The number of carboxylic acids is 1. The van der Waals surface area contributed by atoms with Gasteiger partial charge in [-0.15, -0.1) is 0 Å². The first-order chi connectivity index (χ1) is 10.1. The van der Waals surface area contributed by atoms with Gasteiger partial charge in [0.25, 0.3) is 0 Å². The van der Waals surface area contributed by atoms with Crippen LogP contribution in [0.1, 0.15) is 38.5 Å². The fourth-order valence-corrected chi connectivity index (χ4v) is 2.70. The van der Waals surface area contributed by atoms with Crippen molar-refractivity contribution in [3.05, 3.63) is 18.5 Å². The zero-order chi connectivity index (χ0) is 15.1. The van der Waals surface area contributed by atoms with Gasteiger partial charge in [0.1, 0.15) is 5.54 Å². The molecule has 2 rings (SSSR count). The Morgan fingerprint density at radius 2 is 1.95 bits per heavy atom. The van der Waals surface area contributed by atoms with Crippen molar-refractivity contribution in [2.24, 2.45) is 0 Å².